The van der Waals surface area contributed by atoms with Crippen molar-refractivity contribution in [3.63, 3.8) is 0 Å². The predicted molar refractivity (Wildman–Crippen MR) is 78.5 cm³/mol. The maximum Gasteiger partial charge on any atom is 0.363 e. The third kappa shape index (κ3) is 4.53. The largest absolute Gasteiger partial charge is 0.363 e. The van der Waals surface area contributed by atoms with Gasteiger partial charge in [-0.1, -0.05) is 12.1 Å². The summed E-state index contributed by atoms with van der Waals surface area (Å²) in [5, 5.41) is 0.387. The van der Waals surface area contributed by atoms with E-state index in [1.54, 1.807) is 58.2 Å². The van der Waals surface area contributed by atoms with E-state index in [2.05, 4.69) is 0 Å². The van der Waals surface area contributed by atoms with Gasteiger partial charge in [0.2, 0.25) is 0 Å². The Kier molecular flexibility index (Phi) is 5.93. The molecule has 0 saturated carbocycles. The van der Waals surface area contributed by atoms with Crippen molar-refractivity contribution in [3.8, 4) is 0 Å². The topological polar surface area (TPSA) is 52.6 Å². The van der Waals surface area contributed by atoms with Crippen molar-refractivity contribution in [1.29, 1.82) is 0 Å². The van der Waals surface area contributed by atoms with E-state index in [-0.39, 0.29) is 12.2 Å². The fourth-order valence-electron chi connectivity index (χ4n) is 1.62. The molecule has 0 heterocycles. The molecule has 19 heavy (non-hydrogen) atoms. The molecule has 0 radical (unpaired) electrons. The summed E-state index contributed by atoms with van der Waals surface area (Å²) in [6, 6.07) is 6.84. The molecule has 1 aromatic carbocycles. The van der Waals surface area contributed by atoms with Crippen LogP contribution in [0.1, 0.15) is 27.7 Å². The molecule has 0 fully saturated rings. The average molecular weight is 304 g/mol. The minimum atomic E-state index is -3.47. The highest BCUT2D eigenvalue weighted by Crippen LogP contribution is 2.50. The van der Waals surface area contributed by atoms with E-state index >= 15 is 0 Å². The Morgan fingerprint density at radius 2 is 1.53 bits per heavy atom. The fraction of sp³-hybridized carbons (Fsp3) is 0.538. The normalized spacial score (nSPS) is 14.1. The van der Waals surface area contributed by atoms with Gasteiger partial charge in [0.15, 0.2) is 0 Å². The van der Waals surface area contributed by atoms with Crippen molar-refractivity contribution in [2.45, 2.75) is 44.8 Å². The summed E-state index contributed by atoms with van der Waals surface area (Å²) in [6.45, 7) is 7.17. The van der Waals surface area contributed by atoms with E-state index in [4.69, 9.17) is 9.05 Å². The average Bonchev–Trinajstić information content (AvgIpc) is 2.26. The predicted octanol–water partition coefficient (Wildman–Crippen LogP) is 3.09. The standard InChI is InChI=1S/C13H21O4PS/c1-10(2)16-18(14,17-11(3)4)12-8-6-7-9-13(12)19(5)15/h6-11H,1-5H3/t19-/m0/s1. The Labute approximate surface area is 117 Å². The molecule has 0 bridgehead atoms. The Hall–Kier alpha value is -0.480. The maximum atomic E-state index is 13.0. The summed E-state index contributed by atoms with van der Waals surface area (Å²) < 4.78 is 35.8. The molecule has 4 nitrogen and oxygen atoms in total. The molecule has 0 aliphatic carbocycles. The highest BCUT2D eigenvalue weighted by molar-refractivity contribution is 7.85. The highest BCUT2D eigenvalue weighted by atomic mass is 32.2. The molecule has 0 spiro atoms. The Balaban J connectivity index is 3.33. The van der Waals surface area contributed by atoms with Gasteiger partial charge in [-0.05, 0) is 39.8 Å². The number of hydrogen-bond acceptors (Lipinski definition) is 4. The third-order valence-electron chi connectivity index (χ3n) is 2.17. The van der Waals surface area contributed by atoms with Crippen molar-refractivity contribution in [3.05, 3.63) is 24.3 Å². The van der Waals surface area contributed by atoms with E-state index in [0.29, 0.717) is 10.2 Å². The first kappa shape index (κ1) is 16.6. The monoisotopic (exact) mass is 304 g/mol. The molecule has 0 N–H and O–H groups in total. The van der Waals surface area contributed by atoms with Crippen LogP contribution in [-0.2, 0) is 24.4 Å². The van der Waals surface area contributed by atoms with Crippen molar-refractivity contribution in [2.75, 3.05) is 6.26 Å². The van der Waals surface area contributed by atoms with Crippen LogP contribution in [0, 0.1) is 0 Å². The van der Waals surface area contributed by atoms with Gasteiger partial charge >= 0.3 is 7.60 Å². The van der Waals surface area contributed by atoms with E-state index in [0.717, 1.165) is 0 Å². The van der Waals surface area contributed by atoms with Gasteiger partial charge in [-0.15, -0.1) is 0 Å². The fourth-order valence-corrected chi connectivity index (χ4v) is 4.97. The van der Waals surface area contributed by atoms with Gasteiger partial charge in [0.25, 0.3) is 0 Å². The second-order valence-corrected chi connectivity index (χ2v) is 7.97. The molecule has 0 unspecified atom stereocenters. The molecule has 108 valence electrons. The molecule has 1 rings (SSSR count). The first-order valence-corrected chi connectivity index (χ1v) is 9.26. The SMILES string of the molecule is CC(C)OP(=O)(OC(C)C)c1ccccc1[S@](C)=O. The smallest absolute Gasteiger partial charge is 0.302 e. The van der Waals surface area contributed by atoms with Gasteiger partial charge in [-0.25, -0.2) is 0 Å². The van der Waals surface area contributed by atoms with Crippen LogP contribution in [0.25, 0.3) is 0 Å². The number of rotatable bonds is 6. The van der Waals surface area contributed by atoms with Gasteiger partial charge in [0, 0.05) is 6.26 Å². The molecule has 1 aromatic rings. The summed E-state index contributed by atoms with van der Waals surface area (Å²) in [4.78, 5) is 0.493. The molecule has 0 aromatic heterocycles. The van der Waals surface area contributed by atoms with Crippen molar-refractivity contribution >= 4 is 23.7 Å². The third-order valence-corrected chi connectivity index (χ3v) is 5.67. The Morgan fingerprint density at radius 1 is 1.05 bits per heavy atom. The molecule has 6 heteroatoms. The van der Waals surface area contributed by atoms with Crippen molar-refractivity contribution in [1.82, 2.24) is 0 Å². The second kappa shape index (κ2) is 6.80. The van der Waals surface area contributed by atoms with E-state index < -0.39 is 18.4 Å². The van der Waals surface area contributed by atoms with Crippen LogP contribution in [0.3, 0.4) is 0 Å². The summed E-state index contributed by atoms with van der Waals surface area (Å²) in [6.07, 6.45) is 1.05. The van der Waals surface area contributed by atoms with Crippen LogP contribution in [0.4, 0.5) is 0 Å². The van der Waals surface area contributed by atoms with E-state index in [1.807, 2.05) is 0 Å². The van der Waals surface area contributed by atoms with Crippen LogP contribution in [-0.4, -0.2) is 22.7 Å². The summed E-state index contributed by atoms with van der Waals surface area (Å²) >= 11 is 0. The van der Waals surface area contributed by atoms with E-state index in [1.165, 1.54) is 0 Å². The van der Waals surface area contributed by atoms with Crippen LogP contribution < -0.4 is 5.30 Å². The molecule has 0 aliphatic rings. The lowest BCUT2D eigenvalue weighted by Crippen LogP contribution is -2.20. The lowest BCUT2D eigenvalue weighted by atomic mass is 10.4. The first-order valence-electron chi connectivity index (χ1n) is 6.16. The Morgan fingerprint density at radius 3 is 1.95 bits per heavy atom. The lowest BCUT2D eigenvalue weighted by molar-refractivity contribution is 0.150. The minimum Gasteiger partial charge on any atom is -0.302 e. The van der Waals surface area contributed by atoms with Crippen LogP contribution >= 0.6 is 7.60 Å². The Bertz CT molecular complexity index is 485. The summed E-state index contributed by atoms with van der Waals surface area (Å²) in [5.41, 5.74) is 0. The number of hydrogen-bond donors (Lipinski definition) is 0. The molecule has 0 aliphatic heterocycles. The molecule has 0 amide bonds. The van der Waals surface area contributed by atoms with Gasteiger partial charge < -0.3 is 9.05 Å². The van der Waals surface area contributed by atoms with Gasteiger partial charge in [0.05, 0.1) is 33.2 Å². The number of benzene rings is 1. The van der Waals surface area contributed by atoms with Crippen molar-refractivity contribution < 1.29 is 17.8 Å². The van der Waals surface area contributed by atoms with Crippen LogP contribution in [0.2, 0.25) is 0 Å². The molecular formula is C13H21O4PS. The zero-order valence-corrected chi connectivity index (χ0v) is 13.7. The van der Waals surface area contributed by atoms with Gasteiger partial charge in [-0.3, -0.25) is 8.77 Å². The highest BCUT2D eigenvalue weighted by Gasteiger charge is 2.33. The van der Waals surface area contributed by atoms with Crippen molar-refractivity contribution in [2.24, 2.45) is 0 Å². The first-order chi connectivity index (χ1) is 8.76. The minimum absolute atomic E-state index is 0.247. The maximum absolute atomic E-state index is 13.0. The molecule has 1 atom stereocenters. The quantitative estimate of drug-likeness (QED) is 0.758. The second-order valence-electron chi connectivity index (χ2n) is 4.73. The molecular weight excluding hydrogens is 283 g/mol. The van der Waals surface area contributed by atoms with Gasteiger partial charge in [-0.2, -0.15) is 0 Å². The zero-order valence-electron chi connectivity index (χ0n) is 12.0. The van der Waals surface area contributed by atoms with E-state index in [9.17, 15) is 8.77 Å². The summed E-state index contributed by atoms with van der Waals surface area (Å²) in [7, 11) is -4.72. The lowest BCUT2D eigenvalue weighted by Gasteiger charge is -2.24. The zero-order chi connectivity index (χ0) is 14.6. The van der Waals surface area contributed by atoms with Gasteiger partial charge in [0.1, 0.15) is 0 Å². The van der Waals surface area contributed by atoms with Crippen LogP contribution in [0.5, 0.6) is 0 Å². The van der Waals surface area contributed by atoms with Crippen LogP contribution in [0.15, 0.2) is 29.2 Å². The molecule has 0 saturated heterocycles. The summed E-state index contributed by atoms with van der Waals surface area (Å²) in [5.74, 6) is 0.